The van der Waals surface area contributed by atoms with Gasteiger partial charge in [0.1, 0.15) is 16.5 Å². The second-order valence-corrected chi connectivity index (χ2v) is 8.09. The number of hydrogen-bond donors (Lipinski definition) is 1. The predicted octanol–water partition coefficient (Wildman–Crippen LogP) is 3.66. The van der Waals surface area contributed by atoms with Crippen LogP contribution in [0.15, 0.2) is 54.4 Å². The first-order valence-electron chi connectivity index (χ1n) is 9.75. The number of aryl methyl sites for hydroxylation is 1. The molecule has 0 saturated carbocycles. The smallest absolute Gasteiger partial charge is 0.301 e. The molecule has 1 aliphatic heterocycles. The van der Waals surface area contributed by atoms with E-state index in [0.717, 1.165) is 6.42 Å². The molecule has 4 rings (SSSR count). The van der Waals surface area contributed by atoms with Crippen molar-refractivity contribution in [2.24, 2.45) is 0 Å². The van der Waals surface area contributed by atoms with Gasteiger partial charge in [-0.25, -0.2) is 0 Å². The van der Waals surface area contributed by atoms with Gasteiger partial charge in [-0.15, -0.1) is 10.2 Å². The number of carbonyl (C=O) groups excluding carboxylic acids is 2. The minimum absolute atomic E-state index is 0.0169. The monoisotopic (exact) mass is 436 g/mol. The molecule has 3 heterocycles. The highest BCUT2D eigenvalue weighted by molar-refractivity contribution is 7.15. The Bertz CT molecular complexity index is 1160. The average Bonchev–Trinajstić information content (AvgIpc) is 3.33. The number of aliphatic hydroxyl groups excluding tert-OH is 1. The van der Waals surface area contributed by atoms with E-state index >= 15 is 0 Å². The van der Waals surface area contributed by atoms with Crippen LogP contribution in [0.4, 0.5) is 5.13 Å². The minimum Gasteiger partial charge on any atom is -0.507 e. The largest absolute Gasteiger partial charge is 0.507 e. The van der Waals surface area contributed by atoms with Crippen LogP contribution < -0.4 is 9.64 Å². The Balaban J connectivity index is 1.90. The molecule has 158 valence electrons. The van der Waals surface area contributed by atoms with E-state index in [-0.39, 0.29) is 11.3 Å². The fourth-order valence-corrected chi connectivity index (χ4v) is 4.10. The summed E-state index contributed by atoms with van der Waals surface area (Å²) in [4.78, 5) is 31.3. The summed E-state index contributed by atoms with van der Waals surface area (Å²) in [6, 6.07) is 9.45. The Kier molecular flexibility index (Phi) is 5.77. The van der Waals surface area contributed by atoms with Gasteiger partial charge in [-0.2, -0.15) is 0 Å². The molecule has 0 bridgehead atoms. The zero-order valence-electron chi connectivity index (χ0n) is 17.0. The number of rotatable bonds is 6. The van der Waals surface area contributed by atoms with Gasteiger partial charge in [0.2, 0.25) is 5.13 Å². The lowest BCUT2D eigenvalue weighted by Crippen LogP contribution is -2.29. The van der Waals surface area contributed by atoms with Crippen LogP contribution in [-0.2, 0) is 9.59 Å². The zero-order valence-corrected chi connectivity index (χ0v) is 17.8. The molecule has 1 atom stereocenters. The summed E-state index contributed by atoms with van der Waals surface area (Å²) >= 11 is 1.20. The van der Waals surface area contributed by atoms with Crippen LogP contribution in [0.1, 0.15) is 35.5 Å². The molecular formula is C22H20N4O4S. The number of ketones is 1. The van der Waals surface area contributed by atoms with Crippen LogP contribution in [0, 0.1) is 6.92 Å². The molecular weight excluding hydrogens is 416 g/mol. The fourth-order valence-electron chi connectivity index (χ4n) is 3.39. The van der Waals surface area contributed by atoms with Crippen molar-refractivity contribution < 1.29 is 19.4 Å². The number of benzene rings is 1. The van der Waals surface area contributed by atoms with Gasteiger partial charge in [0.25, 0.3) is 5.78 Å². The maximum Gasteiger partial charge on any atom is 0.301 e. The second kappa shape index (κ2) is 8.65. The predicted molar refractivity (Wildman–Crippen MR) is 116 cm³/mol. The molecule has 1 N–H and O–H groups in total. The maximum atomic E-state index is 13.1. The maximum absolute atomic E-state index is 13.1. The zero-order chi connectivity index (χ0) is 22.0. The van der Waals surface area contributed by atoms with Gasteiger partial charge < -0.3 is 9.84 Å². The minimum atomic E-state index is -0.870. The van der Waals surface area contributed by atoms with Crippen molar-refractivity contribution >= 4 is 33.9 Å². The van der Waals surface area contributed by atoms with Gasteiger partial charge >= 0.3 is 5.91 Å². The molecule has 0 spiro atoms. The third-order valence-electron chi connectivity index (χ3n) is 4.77. The van der Waals surface area contributed by atoms with E-state index in [0.29, 0.717) is 33.6 Å². The number of aliphatic hydroxyl groups is 1. The first-order valence-corrected chi connectivity index (χ1v) is 10.6. The third-order valence-corrected chi connectivity index (χ3v) is 5.60. The van der Waals surface area contributed by atoms with Crippen molar-refractivity contribution in [1.29, 1.82) is 0 Å². The number of amides is 1. The molecule has 8 nitrogen and oxygen atoms in total. The second-order valence-electron chi connectivity index (χ2n) is 6.93. The van der Waals surface area contributed by atoms with E-state index < -0.39 is 17.7 Å². The Labute approximate surface area is 182 Å². The molecule has 1 unspecified atom stereocenters. The third kappa shape index (κ3) is 3.91. The normalized spacial score (nSPS) is 17.9. The lowest BCUT2D eigenvalue weighted by atomic mass is 9.95. The van der Waals surface area contributed by atoms with Crippen molar-refractivity contribution in [3.05, 3.63) is 70.5 Å². The van der Waals surface area contributed by atoms with E-state index in [1.54, 1.807) is 37.3 Å². The summed E-state index contributed by atoms with van der Waals surface area (Å²) < 4.78 is 5.73. The van der Waals surface area contributed by atoms with Crippen LogP contribution in [0.25, 0.3) is 5.76 Å². The lowest BCUT2D eigenvalue weighted by Gasteiger charge is -2.23. The molecule has 1 aromatic carbocycles. The van der Waals surface area contributed by atoms with Gasteiger partial charge in [0.15, 0.2) is 0 Å². The number of carbonyl (C=O) groups is 2. The quantitative estimate of drug-likeness (QED) is 0.357. The molecule has 9 heteroatoms. The highest BCUT2D eigenvalue weighted by atomic mass is 32.1. The van der Waals surface area contributed by atoms with Crippen LogP contribution >= 0.6 is 11.3 Å². The lowest BCUT2D eigenvalue weighted by molar-refractivity contribution is -0.132. The molecule has 31 heavy (non-hydrogen) atoms. The summed E-state index contributed by atoms with van der Waals surface area (Å²) in [6.07, 6.45) is 3.86. The summed E-state index contributed by atoms with van der Waals surface area (Å²) in [5.41, 5.74) is 0.998. The molecule has 0 radical (unpaired) electrons. The van der Waals surface area contributed by atoms with Gasteiger partial charge in [0, 0.05) is 18.0 Å². The summed E-state index contributed by atoms with van der Waals surface area (Å²) in [7, 11) is 0. The molecule has 1 fully saturated rings. The molecule has 3 aromatic rings. The molecule has 1 aliphatic rings. The van der Waals surface area contributed by atoms with Crippen LogP contribution in [-0.4, -0.2) is 38.6 Å². The molecule has 2 aromatic heterocycles. The molecule has 1 saturated heterocycles. The first-order chi connectivity index (χ1) is 15.0. The van der Waals surface area contributed by atoms with Gasteiger partial charge in [0.05, 0.1) is 18.2 Å². The van der Waals surface area contributed by atoms with Gasteiger partial charge in [-0.05, 0) is 43.2 Å². The number of pyridine rings is 1. The summed E-state index contributed by atoms with van der Waals surface area (Å²) in [6.45, 7) is 4.31. The van der Waals surface area contributed by atoms with E-state index in [2.05, 4.69) is 15.2 Å². The number of anilines is 1. The number of ether oxygens (including phenoxy) is 1. The Morgan fingerprint density at radius 2 is 1.97 bits per heavy atom. The highest BCUT2D eigenvalue weighted by Crippen LogP contribution is 2.43. The Morgan fingerprint density at radius 1 is 1.19 bits per heavy atom. The summed E-state index contributed by atoms with van der Waals surface area (Å²) in [5, 5.41) is 20.0. The van der Waals surface area contributed by atoms with Gasteiger partial charge in [-0.3, -0.25) is 19.5 Å². The summed E-state index contributed by atoms with van der Waals surface area (Å²) in [5.74, 6) is -1.21. The van der Waals surface area contributed by atoms with Crippen molar-refractivity contribution in [2.75, 3.05) is 11.5 Å². The average molecular weight is 436 g/mol. The topological polar surface area (TPSA) is 106 Å². The first kappa shape index (κ1) is 20.7. The number of aromatic nitrogens is 3. The highest BCUT2D eigenvalue weighted by Gasteiger charge is 2.48. The Morgan fingerprint density at radius 3 is 2.65 bits per heavy atom. The van der Waals surface area contributed by atoms with E-state index in [4.69, 9.17) is 4.74 Å². The van der Waals surface area contributed by atoms with Crippen molar-refractivity contribution in [1.82, 2.24) is 15.2 Å². The Hall–Kier alpha value is -3.59. The fraction of sp³-hybridized carbons (Fsp3) is 0.227. The van der Waals surface area contributed by atoms with Crippen LogP contribution in [0.5, 0.6) is 5.75 Å². The standard InChI is InChI=1S/C22H20N4O4S/c1-3-11-30-16-6-4-5-15(12-16)18-17(19(27)14-7-9-23-10-8-14)20(28)21(29)26(18)22-25-24-13(2)31-22/h4-10,12,18,27H,3,11H2,1-2H3/b19-17+. The van der Waals surface area contributed by atoms with Crippen LogP contribution in [0.2, 0.25) is 0 Å². The SMILES string of the molecule is CCCOc1cccc(C2/C(=C(\O)c3ccncc3)C(=O)C(=O)N2c2nnc(C)s2)c1. The molecule has 1 amide bonds. The van der Waals surface area contributed by atoms with E-state index in [9.17, 15) is 14.7 Å². The number of hydrogen-bond acceptors (Lipinski definition) is 8. The number of nitrogens with zero attached hydrogens (tertiary/aromatic N) is 4. The van der Waals surface area contributed by atoms with E-state index in [1.165, 1.54) is 28.6 Å². The van der Waals surface area contributed by atoms with Crippen molar-refractivity contribution in [3.8, 4) is 5.75 Å². The van der Waals surface area contributed by atoms with Crippen molar-refractivity contribution in [2.45, 2.75) is 26.3 Å². The van der Waals surface area contributed by atoms with Crippen molar-refractivity contribution in [3.63, 3.8) is 0 Å². The van der Waals surface area contributed by atoms with E-state index in [1.807, 2.05) is 13.0 Å². The molecule has 0 aliphatic carbocycles. The number of Topliss-reactive ketones (excluding diaryl/α,β-unsaturated/α-hetero) is 1. The van der Waals surface area contributed by atoms with Crippen LogP contribution in [0.3, 0.4) is 0 Å². The van der Waals surface area contributed by atoms with Gasteiger partial charge in [-0.1, -0.05) is 30.4 Å².